The zero-order chi connectivity index (χ0) is 14.0. The maximum Gasteiger partial charge on any atom is 0.271 e. The fraction of sp³-hybridized carbons (Fsp3) is 0.286. The van der Waals surface area contributed by atoms with Crippen LogP contribution < -0.4 is 11.3 Å². The predicted molar refractivity (Wildman–Crippen MR) is 76.4 cm³/mol. The van der Waals surface area contributed by atoms with E-state index in [2.05, 4.69) is 5.10 Å². The van der Waals surface area contributed by atoms with Gasteiger partial charge < -0.3 is 5.73 Å². The van der Waals surface area contributed by atoms with Crippen molar-refractivity contribution in [2.24, 2.45) is 5.73 Å². The molecule has 5 heteroatoms. The van der Waals surface area contributed by atoms with Gasteiger partial charge in [0, 0.05) is 17.1 Å². The lowest BCUT2D eigenvalue weighted by molar-refractivity contribution is 0.591. The lowest BCUT2D eigenvalue weighted by Crippen LogP contribution is -2.30. The van der Waals surface area contributed by atoms with Crippen molar-refractivity contribution in [1.82, 2.24) is 9.78 Å². The SMILES string of the molecule is CCn1nc(C)cc(C(N)c2ccc(Cl)cc2)c1=O. The molecule has 0 aliphatic carbocycles. The Bertz CT molecular complexity index is 634. The van der Waals surface area contributed by atoms with Gasteiger partial charge in [-0.25, -0.2) is 4.68 Å². The highest BCUT2D eigenvalue weighted by Gasteiger charge is 2.15. The number of nitrogens with two attached hydrogens (primary N) is 1. The maximum atomic E-state index is 12.2. The van der Waals surface area contributed by atoms with Gasteiger partial charge in [-0.2, -0.15) is 5.10 Å². The average Bonchev–Trinajstić information content (AvgIpc) is 2.41. The molecule has 0 spiro atoms. The minimum absolute atomic E-state index is 0.143. The van der Waals surface area contributed by atoms with E-state index in [-0.39, 0.29) is 5.56 Å². The van der Waals surface area contributed by atoms with Crippen LogP contribution in [-0.4, -0.2) is 9.78 Å². The van der Waals surface area contributed by atoms with Crippen LogP contribution in [0.2, 0.25) is 5.02 Å². The number of hydrogen-bond donors (Lipinski definition) is 1. The molecule has 0 bridgehead atoms. The molecule has 0 radical (unpaired) electrons. The molecule has 2 N–H and O–H groups in total. The Morgan fingerprint density at radius 1 is 1.37 bits per heavy atom. The van der Waals surface area contributed by atoms with Crippen LogP contribution in [0.1, 0.15) is 29.8 Å². The number of halogens is 1. The molecule has 2 rings (SSSR count). The molecular weight excluding hydrogens is 262 g/mol. The van der Waals surface area contributed by atoms with Crippen LogP contribution in [0.3, 0.4) is 0 Å². The molecule has 1 atom stereocenters. The van der Waals surface area contributed by atoms with E-state index in [1.807, 2.05) is 26.0 Å². The number of aryl methyl sites for hydroxylation is 2. The maximum absolute atomic E-state index is 12.2. The van der Waals surface area contributed by atoms with Gasteiger partial charge >= 0.3 is 0 Å². The highest BCUT2D eigenvalue weighted by Crippen LogP contribution is 2.19. The largest absolute Gasteiger partial charge is 0.320 e. The summed E-state index contributed by atoms with van der Waals surface area (Å²) in [6.07, 6.45) is 0. The van der Waals surface area contributed by atoms with Crippen LogP contribution in [0, 0.1) is 6.92 Å². The lowest BCUT2D eigenvalue weighted by atomic mass is 10.0. The van der Waals surface area contributed by atoms with E-state index in [0.29, 0.717) is 17.1 Å². The molecule has 1 aromatic heterocycles. The van der Waals surface area contributed by atoms with Crippen LogP contribution in [0.15, 0.2) is 35.1 Å². The Labute approximate surface area is 116 Å². The summed E-state index contributed by atoms with van der Waals surface area (Å²) in [5.74, 6) is 0. The first-order valence-electron chi connectivity index (χ1n) is 6.12. The number of rotatable bonds is 3. The highest BCUT2D eigenvalue weighted by molar-refractivity contribution is 6.30. The molecule has 19 heavy (non-hydrogen) atoms. The van der Waals surface area contributed by atoms with Gasteiger partial charge in [-0.05, 0) is 37.6 Å². The summed E-state index contributed by atoms with van der Waals surface area (Å²) in [7, 11) is 0. The third-order valence-electron chi connectivity index (χ3n) is 2.99. The van der Waals surface area contributed by atoms with E-state index in [4.69, 9.17) is 17.3 Å². The fourth-order valence-electron chi connectivity index (χ4n) is 1.99. The molecule has 0 aliphatic heterocycles. The second-order valence-corrected chi connectivity index (χ2v) is 4.83. The van der Waals surface area contributed by atoms with Gasteiger partial charge in [0.25, 0.3) is 5.56 Å². The summed E-state index contributed by atoms with van der Waals surface area (Å²) in [5, 5.41) is 4.82. The van der Waals surface area contributed by atoms with Crippen LogP contribution in [-0.2, 0) is 6.54 Å². The Morgan fingerprint density at radius 2 is 2.00 bits per heavy atom. The molecule has 0 fully saturated rings. The van der Waals surface area contributed by atoms with Gasteiger partial charge in [-0.15, -0.1) is 0 Å². The summed E-state index contributed by atoms with van der Waals surface area (Å²) < 4.78 is 1.43. The van der Waals surface area contributed by atoms with E-state index < -0.39 is 6.04 Å². The van der Waals surface area contributed by atoms with Crippen LogP contribution in [0.4, 0.5) is 0 Å². The van der Waals surface area contributed by atoms with Crippen LogP contribution >= 0.6 is 11.6 Å². The lowest BCUT2D eigenvalue weighted by Gasteiger charge is -2.14. The molecule has 1 heterocycles. The summed E-state index contributed by atoms with van der Waals surface area (Å²) >= 11 is 5.85. The summed E-state index contributed by atoms with van der Waals surface area (Å²) in [4.78, 5) is 12.2. The summed E-state index contributed by atoms with van der Waals surface area (Å²) in [6, 6.07) is 8.47. The van der Waals surface area contributed by atoms with Crippen LogP contribution in [0.5, 0.6) is 0 Å². The fourth-order valence-corrected chi connectivity index (χ4v) is 2.11. The molecule has 0 aliphatic rings. The van der Waals surface area contributed by atoms with Crippen molar-refractivity contribution in [2.45, 2.75) is 26.4 Å². The van der Waals surface area contributed by atoms with Gasteiger partial charge in [0.2, 0.25) is 0 Å². The molecule has 1 aromatic carbocycles. The van der Waals surface area contributed by atoms with Crippen molar-refractivity contribution in [3.63, 3.8) is 0 Å². The van der Waals surface area contributed by atoms with E-state index in [9.17, 15) is 4.79 Å². The number of hydrogen-bond acceptors (Lipinski definition) is 3. The predicted octanol–water partition coefficient (Wildman–Crippen LogP) is 2.27. The zero-order valence-electron chi connectivity index (χ0n) is 10.9. The first kappa shape index (κ1) is 13.8. The van der Waals surface area contributed by atoms with Crippen molar-refractivity contribution in [1.29, 1.82) is 0 Å². The normalized spacial score (nSPS) is 12.4. The van der Waals surface area contributed by atoms with Crippen molar-refractivity contribution in [3.8, 4) is 0 Å². The molecule has 100 valence electrons. The smallest absolute Gasteiger partial charge is 0.271 e. The first-order valence-corrected chi connectivity index (χ1v) is 6.50. The van der Waals surface area contributed by atoms with E-state index in [1.165, 1.54) is 4.68 Å². The molecule has 0 saturated heterocycles. The van der Waals surface area contributed by atoms with Crippen molar-refractivity contribution >= 4 is 11.6 Å². The van der Waals surface area contributed by atoms with Gasteiger partial charge in [0.05, 0.1) is 11.7 Å². The second kappa shape index (κ2) is 5.55. The number of nitrogens with zero attached hydrogens (tertiary/aromatic N) is 2. The molecule has 1 unspecified atom stereocenters. The third kappa shape index (κ3) is 2.85. The minimum Gasteiger partial charge on any atom is -0.320 e. The van der Waals surface area contributed by atoms with Crippen molar-refractivity contribution in [2.75, 3.05) is 0 Å². The van der Waals surface area contributed by atoms with Gasteiger partial charge in [-0.1, -0.05) is 23.7 Å². The van der Waals surface area contributed by atoms with Gasteiger partial charge in [0.1, 0.15) is 0 Å². The van der Waals surface area contributed by atoms with E-state index >= 15 is 0 Å². The monoisotopic (exact) mass is 277 g/mol. The molecule has 4 nitrogen and oxygen atoms in total. The topological polar surface area (TPSA) is 60.9 Å². The molecular formula is C14H16ClN3O. The summed E-state index contributed by atoms with van der Waals surface area (Å²) in [5.41, 5.74) is 8.22. The minimum atomic E-state index is -0.468. The zero-order valence-corrected chi connectivity index (χ0v) is 11.7. The number of aromatic nitrogens is 2. The second-order valence-electron chi connectivity index (χ2n) is 4.39. The molecule has 2 aromatic rings. The third-order valence-corrected chi connectivity index (χ3v) is 3.24. The van der Waals surface area contributed by atoms with Crippen LogP contribution in [0.25, 0.3) is 0 Å². The quantitative estimate of drug-likeness (QED) is 0.936. The Kier molecular flexibility index (Phi) is 4.02. The average molecular weight is 278 g/mol. The highest BCUT2D eigenvalue weighted by atomic mass is 35.5. The first-order chi connectivity index (χ1) is 9.02. The standard InChI is InChI=1S/C14H16ClN3O/c1-3-18-14(19)12(8-9(2)17-18)13(16)10-4-6-11(15)7-5-10/h4-8,13H,3,16H2,1-2H3. The number of benzene rings is 1. The van der Waals surface area contributed by atoms with Gasteiger partial charge in [0.15, 0.2) is 0 Å². The Balaban J connectivity index is 2.49. The Hall–Kier alpha value is -1.65. The molecule has 0 amide bonds. The summed E-state index contributed by atoms with van der Waals surface area (Å²) in [6.45, 7) is 4.26. The van der Waals surface area contributed by atoms with Crippen molar-refractivity contribution < 1.29 is 0 Å². The van der Waals surface area contributed by atoms with E-state index in [0.717, 1.165) is 11.3 Å². The van der Waals surface area contributed by atoms with Crippen molar-refractivity contribution in [3.05, 3.63) is 62.5 Å². The van der Waals surface area contributed by atoms with E-state index in [1.54, 1.807) is 18.2 Å². The Morgan fingerprint density at radius 3 is 2.58 bits per heavy atom. The van der Waals surface area contributed by atoms with Gasteiger partial charge in [-0.3, -0.25) is 4.79 Å². The molecule has 0 saturated carbocycles.